The van der Waals surface area contributed by atoms with Crippen molar-refractivity contribution in [1.82, 2.24) is 4.90 Å². The number of hydrogen-bond acceptors (Lipinski definition) is 3. The van der Waals surface area contributed by atoms with Crippen LogP contribution in [0.4, 0.5) is 10.5 Å². The van der Waals surface area contributed by atoms with Gasteiger partial charge in [-0.05, 0) is 19.3 Å². The number of amides is 1. The van der Waals surface area contributed by atoms with E-state index in [9.17, 15) is 4.79 Å². The summed E-state index contributed by atoms with van der Waals surface area (Å²) >= 11 is 0. The second kappa shape index (κ2) is 14.8. The Morgan fingerprint density at radius 2 is 0.978 bits per heavy atom. The zero-order chi connectivity index (χ0) is 31.6. The molecule has 1 amide bonds. The highest BCUT2D eigenvalue weighted by atomic mass is 16.7. The second-order valence-electron chi connectivity index (χ2n) is 12.1. The van der Waals surface area contributed by atoms with E-state index in [-0.39, 0.29) is 6.09 Å². The highest BCUT2D eigenvalue weighted by Crippen LogP contribution is 2.13. The molecule has 5 nitrogen and oxygen atoms in total. The van der Waals surface area contributed by atoms with E-state index in [0.29, 0.717) is 0 Å². The lowest BCUT2D eigenvalue weighted by Gasteiger charge is -2.44. The predicted molar refractivity (Wildman–Crippen MR) is 188 cm³/mol. The molecule has 4 aromatic carbocycles. The van der Waals surface area contributed by atoms with E-state index in [1.165, 1.54) is 28.3 Å². The van der Waals surface area contributed by atoms with Crippen molar-refractivity contribution in [3.8, 4) is 0 Å². The lowest BCUT2D eigenvalue weighted by atomic mass is 9.13. The molecule has 0 saturated carbocycles. The smallest absolute Gasteiger partial charge is 0.377 e. The number of benzene rings is 4. The van der Waals surface area contributed by atoms with E-state index in [4.69, 9.17) is 4.84 Å². The van der Waals surface area contributed by atoms with Crippen LogP contribution in [0.5, 0.6) is 0 Å². The zero-order valence-electron chi connectivity index (χ0n) is 27.0. The summed E-state index contributed by atoms with van der Waals surface area (Å²) in [5.41, 5.74) is 8.29. The van der Waals surface area contributed by atoms with Crippen molar-refractivity contribution in [3.05, 3.63) is 145 Å². The van der Waals surface area contributed by atoms with Gasteiger partial charge in [0.25, 0.3) is 0 Å². The number of hydrogen-bond donors (Lipinski definition) is 0. The van der Waals surface area contributed by atoms with Crippen molar-refractivity contribution in [2.75, 3.05) is 32.1 Å². The third-order valence-electron chi connectivity index (χ3n) is 8.85. The summed E-state index contributed by atoms with van der Waals surface area (Å²) in [6.45, 7) is 5.49. The van der Waals surface area contributed by atoms with Crippen molar-refractivity contribution in [2.24, 2.45) is 0 Å². The molecule has 0 unspecified atom stereocenters. The molecule has 0 radical (unpaired) electrons. The van der Waals surface area contributed by atoms with Gasteiger partial charge >= 0.3 is 6.09 Å². The van der Waals surface area contributed by atoms with Crippen molar-refractivity contribution in [1.29, 1.82) is 0 Å². The largest absolute Gasteiger partial charge is 0.478 e. The number of anilines is 1. The standard InChI is InChI=1S/C24H20B.C15H24N3O2/c1-5-13-21(14-6-1)25(22-15-7-2-8-16-22,23-17-9-3-10-18-23)24-19-11-4-12-20-24;1-12-10-14(16(3)4)11-13(2)18(12)20-15(19)17-8-6-5-7-9-17/h1-20H;10-11H,5-9H2,1-4H3/q-1;+1. The predicted octanol–water partition coefficient (Wildman–Crippen LogP) is 4.76. The number of aryl methyl sites for hydroxylation is 2. The number of carbonyl (C=O) groups is 1. The highest BCUT2D eigenvalue weighted by Gasteiger charge is 2.31. The van der Waals surface area contributed by atoms with Gasteiger partial charge in [-0.1, -0.05) is 121 Å². The average Bonchev–Trinajstić information content (AvgIpc) is 3.09. The van der Waals surface area contributed by atoms with Gasteiger partial charge in [-0.3, -0.25) is 0 Å². The first-order chi connectivity index (χ1) is 21.9. The normalized spacial score (nSPS) is 12.9. The van der Waals surface area contributed by atoms with Gasteiger partial charge in [0.2, 0.25) is 11.4 Å². The first kappa shape index (κ1) is 31.6. The Labute approximate surface area is 268 Å². The van der Waals surface area contributed by atoms with Crippen molar-refractivity contribution < 1.29 is 14.4 Å². The molecular formula is C39H44BN3O2. The van der Waals surface area contributed by atoms with Gasteiger partial charge in [0.05, 0.1) is 0 Å². The van der Waals surface area contributed by atoms with Crippen LogP contribution in [-0.2, 0) is 0 Å². The molecule has 0 atom stereocenters. The quantitative estimate of drug-likeness (QED) is 0.209. The molecular weight excluding hydrogens is 553 g/mol. The first-order valence-corrected chi connectivity index (χ1v) is 16.0. The molecule has 1 fully saturated rings. The summed E-state index contributed by atoms with van der Waals surface area (Å²) in [5.74, 6) is 0. The third kappa shape index (κ3) is 7.12. The van der Waals surface area contributed by atoms with Crippen LogP contribution in [0.3, 0.4) is 0 Å². The lowest BCUT2D eigenvalue weighted by molar-refractivity contribution is -0.877. The van der Waals surface area contributed by atoms with Gasteiger partial charge < -0.3 is 9.80 Å². The van der Waals surface area contributed by atoms with E-state index in [2.05, 4.69) is 121 Å². The van der Waals surface area contributed by atoms with Crippen molar-refractivity contribution in [2.45, 2.75) is 33.1 Å². The molecule has 1 saturated heterocycles. The monoisotopic (exact) mass is 597 g/mol. The molecule has 2 heterocycles. The maximum absolute atomic E-state index is 12.2. The van der Waals surface area contributed by atoms with Crippen LogP contribution in [0, 0.1) is 13.8 Å². The molecule has 1 aromatic heterocycles. The second-order valence-corrected chi connectivity index (χ2v) is 12.1. The fourth-order valence-electron chi connectivity index (χ4n) is 6.60. The van der Waals surface area contributed by atoms with Crippen LogP contribution >= 0.6 is 0 Å². The van der Waals surface area contributed by atoms with Gasteiger partial charge in [-0.15, -0.1) is 0 Å². The van der Waals surface area contributed by atoms with E-state index >= 15 is 0 Å². The van der Waals surface area contributed by atoms with E-state index < -0.39 is 6.15 Å². The molecule has 0 N–H and O–H groups in total. The Bertz CT molecular complexity index is 1470. The Balaban J connectivity index is 0.000000183. The number of pyridine rings is 1. The number of aromatic nitrogens is 1. The minimum absolute atomic E-state index is 0.251. The SMILES string of the molecule is Cc1cc(N(C)C)cc(C)[n+]1OC(=O)N1CCCCC1.c1ccc([B-](c2ccccc2)(c2ccccc2)c2ccccc2)cc1. The van der Waals surface area contributed by atoms with E-state index in [1.807, 2.05) is 45.0 Å². The van der Waals surface area contributed by atoms with Crippen LogP contribution in [0.1, 0.15) is 30.7 Å². The molecule has 6 rings (SSSR count). The molecule has 5 aromatic rings. The first-order valence-electron chi connectivity index (χ1n) is 16.0. The van der Waals surface area contributed by atoms with Crippen LogP contribution in [0.25, 0.3) is 0 Å². The maximum Gasteiger partial charge on any atom is 0.478 e. The summed E-state index contributed by atoms with van der Waals surface area (Å²) < 4.78 is 1.62. The molecule has 0 aliphatic carbocycles. The summed E-state index contributed by atoms with van der Waals surface area (Å²) in [7, 11) is 4.00. The number of carbonyl (C=O) groups excluding carboxylic acids is 1. The Morgan fingerprint density at radius 1 is 0.622 bits per heavy atom. The molecule has 6 heteroatoms. The van der Waals surface area contributed by atoms with Gasteiger partial charge in [0.1, 0.15) is 6.15 Å². The fraction of sp³-hybridized carbons (Fsp3) is 0.231. The van der Waals surface area contributed by atoms with Gasteiger partial charge in [0.15, 0.2) is 0 Å². The lowest BCUT2D eigenvalue weighted by Crippen LogP contribution is -2.74. The van der Waals surface area contributed by atoms with E-state index in [1.54, 1.807) is 9.63 Å². The summed E-state index contributed by atoms with van der Waals surface area (Å²) in [4.78, 5) is 21.5. The van der Waals surface area contributed by atoms with Crippen LogP contribution in [0.15, 0.2) is 133 Å². The van der Waals surface area contributed by atoms with Gasteiger partial charge in [-0.25, -0.2) is 4.79 Å². The number of likely N-dealkylation sites (tertiary alicyclic amines) is 1. The molecule has 0 spiro atoms. The molecule has 1 aliphatic rings. The van der Waals surface area contributed by atoms with Crippen LogP contribution in [0.2, 0.25) is 0 Å². The Hall–Kier alpha value is -4.84. The minimum Gasteiger partial charge on any atom is -0.377 e. The maximum atomic E-state index is 12.2. The average molecular weight is 598 g/mol. The van der Waals surface area contributed by atoms with Gasteiger partial charge in [0, 0.05) is 63.6 Å². The molecule has 1 aliphatic heterocycles. The summed E-state index contributed by atoms with van der Waals surface area (Å²) in [6, 6.07) is 47.5. The summed E-state index contributed by atoms with van der Waals surface area (Å²) in [6.07, 6.45) is 1.87. The fourth-order valence-corrected chi connectivity index (χ4v) is 6.60. The van der Waals surface area contributed by atoms with Crippen molar-refractivity contribution >= 4 is 39.8 Å². The Kier molecular flexibility index (Phi) is 10.4. The van der Waals surface area contributed by atoms with Crippen LogP contribution in [-0.4, -0.2) is 44.3 Å². The third-order valence-corrected chi connectivity index (χ3v) is 8.85. The number of nitrogens with zero attached hydrogens (tertiary/aromatic N) is 3. The molecule has 45 heavy (non-hydrogen) atoms. The Morgan fingerprint density at radius 3 is 1.31 bits per heavy atom. The topological polar surface area (TPSA) is 36.7 Å². The van der Waals surface area contributed by atoms with E-state index in [0.717, 1.165) is 43.0 Å². The van der Waals surface area contributed by atoms with Crippen molar-refractivity contribution in [3.63, 3.8) is 0 Å². The highest BCUT2D eigenvalue weighted by molar-refractivity contribution is 7.19. The minimum atomic E-state index is -1.22. The number of piperidine rings is 1. The summed E-state index contributed by atoms with van der Waals surface area (Å²) in [5, 5.41) is 0. The van der Waals surface area contributed by atoms with Gasteiger partial charge in [-0.2, -0.15) is 26.7 Å². The molecule has 0 bridgehead atoms. The zero-order valence-corrected chi connectivity index (χ0v) is 27.0. The number of rotatable bonds is 6. The van der Waals surface area contributed by atoms with Crippen LogP contribution < -0.4 is 36.3 Å². The molecule has 230 valence electrons.